The van der Waals surface area contributed by atoms with Crippen LogP contribution in [0.3, 0.4) is 0 Å². The number of para-hydroxylation sites is 2. The summed E-state index contributed by atoms with van der Waals surface area (Å²) < 4.78 is 43.5. The molecule has 32 heavy (non-hydrogen) atoms. The predicted molar refractivity (Wildman–Crippen MR) is 118 cm³/mol. The maximum Gasteiger partial charge on any atom is 0.418 e. The average Bonchev–Trinajstić information content (AvgIpc) is 3.09. The highest BCUT2D eigenvalue weighted by Crippen LogP contribution is 2.42. The molecule has 1 atom stereocenters. The van der Waals surface area contributed by atoms with Crippen molar-refractivity contribution in [2.75, 3.05) is 5.75 Å². The van der Waals surface area contributed by atoms with E-state index in [1.54, 1.807) is 10.6 Å². The number of thioether (sulfide) groups is 1. The standard InChI is InChI=1S/C23H23F3N4OS/c1-2-14-8-9-17-15(12-14)20(23(24,25)26)16(13-27)21(28-17)32-11-5-10-30-19-7-4-3-6-18(19)29-22(30)31/h3-4,6-7,14H,2,5,8-12H2,1H3,(H,29,31). The van der Waals surface area contributed by atoms with Crippen molar-refractivity contribution in [1.29, 1.82) is 5.26 Å². The third-order valence-electron chi connectivity index (χ3n) is 6.05. The first kappa shape index (κ1) is 22.5. The molecule has 0 aliphatic heterocycles. The normalized spacial score (nSPS) is 16.2. The van der Waals surface area contributed by atoms with E-state index in [-0.39, 0.29) is 27.8 Å². The summed E-state index contributed by atoms with van der Waals surface area (Å²) in [6.45, 7) is 2.40. The lowest BCUT2D eigenvalue weighted by atomic mass is 9.82. The zero-order valence-electron chi connectivity index (χ0n) is 17.6. The third-order valence-corrected chi connectivity index (χ3v) is 7.11. The SMILES string of the molecule is CCC1CCc2nc(SCCCn3c(=O)[nH]c4ccccc43)c(C#N)c(C(F)(F)F)c2C1. The van der Waals surface area contributed by atoms with Gasteiger partial charge in [-0.05, 0) is 49.3 Å². The Hall–Kier alpha value is -2.73. The molecule has 1 aliphatic carbocycles. The molecule has 0 amide bonds. The van der Waals surface area contributed by atoms with Crippen molar-refractivity contribution in [3.63, 3.8) is 0 Å². The Bertz CT molecular complexity index is 1240. The van der Waals surface area contributed by atoms with Crippen LogP contribution in [0.5, 0.6) is 0 Å². The Kier molecular flexibility index (Phi) is 6.33. The van der Waals surface area contributed by atoms with Crippen LogP contribution in [0.25, 0.3) is 11.0 Å². The van der Waals surface area contributed by atoms with E-state index in [0.717, 1.165) is 35.6 Å². The lowest BCUT2D eigenvalue weighted by Crippen LogP contribution is -2.23. The first-order chi connectivity index (χ1) is 15.3. The number of nitrogens with one attached hydrogen (secondary N) is 1. The van der Waals surface area contributed by atoms with Gasteiger partial charge in [-0.1, -0.05) is 25.5 Å². The number of aromatic amines is 1. The van der Waals surface area contributed by atoms with E-state index >= 15 is 0 Å². The molecule has 0 fully saturated rings. The Morgan fingerprint density at radius 2 is 2.12 bits per heavy atom. The zero-order chi connectivity index (χ0) is 22.9. The summed E-state index contributed by atoms with van der Waals surface area (Å²) >= 11 is 1.16. The third kappa shape index (κ3) is 4.29. The van der Waals surface area contributed by atoms with Gasteiger partial charge in [0.15, 0.2) is 0 Å². The summed E-state index contributed by atoms with van der Waals surface area (Å²) in [6.07, 6.45) is -1.61. The topological polar surface area (TPSA) is 74.5 Å². The van der Waals surface area contributed by atoms with Crippen molar-refractivity contribution in [2.45, 2.75) is 56.8 Å². The molecule has 2 aromatic heterocycles. The van der Waals surface area contributed by atoms with Gasteiger partial charge in [-0.25, -0.2) is 9.78 Å². The number of halogens is 3. The number of benzene rings is 1. The van der Waals surface area contributed by atoms with Crippen molar-refractivity contribution >= 4 is 22.8 Å². The molecule has 3 aromatic rings. The van der Waals surface area contributed by atoms with E-state index in [1.165, 1.54) is 0 Å². The van der Waals surface area contributed by atoms with Crippen molar-refractivity contribution in [1.82, 2.24) is 14.5 Å². The molecule has 4 rings (SSSR count). The second-order valence-electron chi connectivity index (χ2n) is 8.02. The number of H-pyrrole nitrogens is 1. The molecule has 1 unspecified atom stereocenters. The van der Waals surface area contributed by atoms with Crippen LogP contribution in [-0.2, 0) is 25.6 Å². The van der Waals surface area contributed by atoms with Gasteiger partial charge in [0.1, 0.15) is 11.1 Å². The van der Waals surface area contributed by atoms with Gasteiger partial charge < -0.3 is 4.98 Å². The Morgan fingerprint density at radius 3 is 2.84 bits per heavy atom. The van der Waals surface area contributed by atoms with Crippen LogP contribution < -0.4 is 5.69 Å². The molecule has 9 heteroatoms. The van der Waals surface area contributed by atoms with Gasteiger partial charge in [0.25, 0.3) is 0 Å². The second kappa shape index (κ2) is 9.02. The Morgan fingerprint density at radius 1 is 1.34 bits per heavy atom. The van der Waals surface area contributed by atoms with Gasteiger partial charge in [0, 0.05) is 18.0 Å². The number of hydrogen-bond donors (Lipinski definition) is 1. The summed E-state index contributed by atoms with van der Waals surface area (Å²) in [4.78, 5) is 19.5. The lowest BCUT2D eigenvalue weighted by Gasteiger charge is -2.27. The van der Waals surface area contributed by atoms with E-state index in [2.05, 4.69) is 9.97 Å². The highest BCUT2D eigenvalue weighted by Gasteiger charge is 2.40. The molecule has 1 N–H and O–H groups in total. The maximum absolute atomic E-state index is 14.0. The van der Waals surface area contributed by atoms with E-state index in [1.807, 2.05) is 31.2 Å². The summed E-state index contributed by atoms with van der Waals surface area (Å²) in [7, 11) is 0. The number of rotatable bonds is 6. The zero-order valence-corrected chi connectivity index (χ0v) is 18.4. The fourth-order valence-electron chi connectivity index (χ4n) is 4.40. The second-order valence-corrected chi connectivity index (χ2v) is 9.10. The maximum atomic E-state index is 14.0. The number of hydrogen-bond acceptors (Lipinski definition) is 4. The van der Waals surface area contributed by atoms with Crippen LogP contribution in [0.15, 0.2) is 34.1 Å². The van der Waals surface area contributed by atoms with Gasteiger partial charge >= 0.3 is 11.9 Å². The van der Waals surface area contributed by atoms with Gasteiger partial charge in [-0.3, -0.25) is 4.57 Å². The van der Waals surface area contributed by atoms with Gasteiger partial charge in [-0.2, -0.15) is 18.4 Å². The van der Waals surface area contributed by atoms with Crippen molar-refractivity contribution in [3.05, 3.63) is 57.1 Å². The molecule has 0 saturated heterocycles. The highest BCUT2D eigenvalue weighted by molar-refractivity contribution is 7.99. The van der Waals surface area contributed by atoms with Crippen LogP contribution >= 0.6 is 11.8 Å². The molecular weight excluding hydrogens is 437 g/mol. The minimum absolute atomic E-state index is 0.139. The average molecular weight is 461 g/mol. The molecule has 168 valence electrons. The molecule has 0 spiro atoms. The van der Waals surface area contributed by atoms with Crippen LogP contribution in [-0.4, -0.2) is 20.3 Å². The van der Waals surface area contributed by atoms with Gasteiger partial charge in [0.05, 0.1) is 22.2 Å². The number of alkyl halides is 3. The van der Waals surface area contributed by atoms with Crippen LogP contribution in [0.2, 0.25) is 0 Å². The predicted octanol–water partition coefficient (Wildman–Crippen LogP) is 5.31. The van der Waals surface area contributed by atoms with E-state index in [0.29, 0.717) is 37.3 Å². The Labute approximate surface area is 187 Å². The number of nitrogens with zero attached hydrogens (tertiary/aromatic N) is 3. The fourth-order valence-corrected chi connectivity index (χ4v) is 5.33. The van der Waals surface area contributed by atoms with E-state index in [9.17, 15) is 23.2 Å². The number of fused-ring (bicyclic) bond motifs is 2. The first-order valence-electron chi connectivity index (χ1n) is 10.7. The molecule has 1 aromatic carbocycles. The summed E-state index contributed by atoms with van der Waals surface area (Å²) in [5.41, 5.74) is 0.801. The van der Waals surface area contributed by atoms with Crippen LogP contribution in [0, 0.1) is 17.2 Å². The number of aryl methyl sites for hydroxylation is 2. The molecule has 1 aliphatic rings. The quantitative estimate of drug-likeness (QED) is 0.400. The minimum Gasteiger partial charge on any atom is -0.306 e. The van der Waals surface area contributed by atoms with Crippen LogP contribution in [0.4, 0.5) is 13.2 Å². The van der Waals surface area contributed by atoms with E-state index in [4.69, 9.17) is 0 Å². The largest absolute Gasteiger partial charge is 0.418 e. The molecule has 0 radical (unpaired) electrons. The summed E-state index contributed by atoms with van der Waals surface area (Å²) in [5.74, 6) is 0.631. The molecule has 2 heterocycles. The lowest BCUT2D eigenvalue weighted by molar-refractivity contribution is -0.138. The van der Waals surface area contributed by atoms with Crippen molar-refractivity contribution < 1.29 is 13.2 Å². The summed E-state index contributed by atoms with van der Waals surface area (Å²) in [5, 5.41) is 9.73. The molecule has 0 saturated carbocycles. The monoisotopic (exact) mass is 460 g/mol. The summed E-state index contributed by atoms with van der Waals surface area (Å²) in [6, 6.07) is 9.13. The Balaban J connectivity index is 1.57. The fraction of sp³-hybridized carbons (Fsp3) is 0.435. The molecule has 5 nitrogen and oxygen atoms in total. The van der Waals surface area contributed by atoms with Gasteiger partial charge in [0.2, 0.25) is 0 Å². The van der Waals surface area contributed by atoms with E-state index < -0.39 is 11.7 Å². The number of aromatic nitrogens is 3. The highest BCUT2D eigenvalue weighted by atomic mass is 32.2. The number of nitriles is 1. The van der Waals surface area contributed by atoms with Crippen molar-refractivity contribution in [3.8, 4) is 6.07 Å². The molecular formula is C23H23F3N4OS. The van der Waals surface area contributed by atoms with Gasteiger partial charge in [-0.15, -0.1) is 11.8 Å². The first-order valence-corrected chi connectivity index (χ1v) is 11.7. The number of imidazole rings is 1. The van der Waals surface area contributed by atoms with Crippen LogP contribution in [0.1, 0.15) is 48.6 Å². The smallest absolute Gasteiger partial charge is 0.306 e. The van der Waals surface area contributed by atoms with Crippen molar-refractivity contribution in [2.24, 2.45) is 5.92 Å². The molecule has 0 bridgehead atoms. The number of pyridine rings is 1. The minimum atomic E-state index is -4.60.